The van der Waals surface area contributed by atoms with Crippen molar-refractivity contribution in [2.45, 2.75) is 19.9 Å². The summed E-state index contributed by atoms with van der Waals surface area (Å²) >= 11 is 0. The maximum atomic E-state index is 13.4. The summed E-state index contributed by atoms with van der Waals surface area (Å²) in [7, 11) is 1.89. The van der Waals surface area contributed by atoms with Crippen LogP contribution in [0.25, 0.3) is 22.2 Å². The van der Waals surface area contributed by atoms with E-state index in [0.29, 0.717) is 5.56 Å². The molecule has 1 amide bonds. The van der Waals surface area contributed by atoms with Gasteiger partial charge < -0.3 is 15.5 Å². The van der Waals surface area contributed by atoms with E-state index in [1.807, 2.05) is 63.6 Å². The molecule has 5 rings (SSSR count). The Hall–Kier alpha value is -3.71. The maximum absolute atomic E-state index is 13.4. The van der Waals surface area contributed by atoms with Gasteiger partial charge >= 0.3 is 0 Å². The molecule has 0 spiro atoms. The van der Waals surface area contributed by atoms with E-state index in [9.17, 15) is 4.79 Å². The minimum atomic E-state index is -0.196. The molecule has 2 N–H and O–H groups in total. The number of carbonyl (C=O) groups excluding carboxylic acids is 1. The second kappa shape index (κ2) is 9.27. The first-order valence-corrected chi connectivity index (χ1v) is 11.8. The fourth-order valence-electron chi connectivity index (χ4n) is 4.59. The Bertz CT molecular complexity index is 1340. The molecule has 7 nitrogen and oxygen atoms in total. The molecule has 0 unspecified atom stereocenters. The molecular weight excluding hydrogens is 424 g/mol. The molecule has 0 saturated carbocycles. The van der Waals surface area contributed by atoms with Crippen LogP contribution in [-0.4, -0.2) is 46.9 Å². The third-order valence-corrected chi connectivity index (χ3v) is 6.51. The van der Waals surface area contributed by atoms with E-state index >= 15 is 0 Å². The molecule has 3 heterocycles. The zero-order valence-electron chi connectivity index (χ0n) is 19.9. The molecule has 1 fully saturated rings. The lowest BCUT2D eigenvalue weighted by molar-refractivity contribution is 0.0939. The molecule has 174 valence electrons. The van der Waals surface area contributed by atoms with E-state index in [-0.39, 0.29) is 11.9 Å². The first kappa shape index (κ1) is 22.1. The molecule has 2 aromatic heterocycles. The van der Waals surface area contributed by atoms with Gasteiger partial charge in [0.05, 0.1) is 23.4 Å². The van der Waals surface area contributed by atoms with Gasteiger partial charge in [0.15, 0.2) is 0 Å². The van der Waals surface area contributed by atoms with Gasteiger partial charge in [0.1, 0.15) is 0 Å². The first-order chi connectivity index (χ1) is 16.5. The number of fused-ring (bicyclic) bond motifs is 1. The number of nitrogens with one attached hydrogen (secondary N) is 2. The lowest BCUT2D eigenvalue weighted by Gasteiger charge is -2.30. The highest BCUT2D eigenvalue weighted by Gasteiger charge is 2.19. The average Bonchev–Trinajstić information content (AvgIpc) is 3.30. The number of pyridine rings is 1. The van der Waals surface area contributed by atoms with Crippen LogP contribution >= 0.6 is 0 Å². The average molecular weight is 455 g/mol. The van der Waals surface area contributed by atoms with Crippen LogP contribution in [0.3, 0.4) is 0 Å². The second-order valence-corrected chi connectivity index (χ2v) is 8.95. The summed E-state index contributed by atoms with van der Waals surface area (Å²) in [5.74, 6) is -0.0641. The molecular formula is C27H30N6O. The zero-order valence-corrected chi connectivity index (χ0v) is 19.9. The maximum Gasteiger partial charge on any atom is 0.252 e. The largest absolute Gasteiger partial charge is 0.369 e. The predicted molar refractivity (Wildman–Crippen MR) is 136 cm³/mol. The summed E-state index contributed by atoms with van der Waals surface area (Å²) in [5, 5.41) is 11.9. The molecule has 0 aliphatic carbocycles. The molecule has 0 radical (unpaired) electrons. The van der Waals surface area contributed by atoms with E-state index in [4.69, 9.17) is 4.98 Å². The summed E-state index contributed by atoms with van der Waals surface area (Å²) in [5.41, 5.74) is 6.52. The van der Waals surface area contributed by atoms with E-state index in [1.54, 1.807) is 4.68 Å². The number of carbonyl (C=O) groups is 1. The van der Waals surface area contributed by atoms with Gasteiger partial charge in [-0.3, -0.25) is 9.48 Å². The monoisotopic (exact) mass is 454 g/mol. The molecule has 0 bridgehead atoms. The number of hydrogen-bond donors (Lipinski definition) is 2. The van der Waals surface area contributed by atoms with Crippen LogP contribution in [0.4, 0.5) is 5.69 Å². The Balaban J connectivity index is 1.46. The Morgan fingerprint density at radius 1 is 1.12 bits per heavy atom. The van der Waals surface area contributed by atoms with Gasteiger partial charge in [-0.05, 0) is 49.2 Å². The lowest BCUT2D eigenvalue weighted by Crippen LogP contribution is -2.43. The van der Waals surface area contributed by atoms with Crippen molar-refractivity contribution in [3.05, 3.63) is 77.6 Å². The smallest absolute Gasteiger partial charge is 0.252 e. The van der Waals surface area contributed by atoms with Crippen LogP contribution in [0.5, 0.6) is 0 Å². The number of aromatic nitrogens is 3. The van der Waals surface area contributed by atoms with E-state index in [2.05, 4.69) is 38.8 Å². The number of amides is 1. The molecule has 1 aliphatic heterocycles. The van der Waals surface area contributed by atoms with Crippen molar-refractivity contribution in [1.82, 2.24) is 25.4 Å². The van der Waals surface area contributed by atoms with Gasteiger partial charge in [-0.25, -0.2) is 4.98 Å². The van der Waals surface area contributed by atoms with Crippen molar-refractivity contribution in [3.8, 4) is 11.3 Å². The highest BCUT2D eigenvalue weighted by molar-refractivity contribution is 5.97. The van der Waals surface area contributed by atoms with E-state index in [1.165, 1.54) is 0 Å². The van der Waals surface area contributed by atoms with Crippen molar-refractivity contribution in [2.24, 2.45) is 7.05 Å². The fourth-order valence-corrected chi connectivity index (χ4v) is 4.59. The summed E-state index contributed by atoms with van der Waals surface area (Å²) in [6.07, 6.45) is 3.77. The first-order valence-electron chi connectivity index (χ1n) is 11.8. The van der Waals surface area contributed by atoms with E-state index in [0.717, 1.165) is 65.2 Å². The third-order valence-electron chi connectivity index (χ3n) is 6.51. The van der Waals surface area contributed by atoms with Gasteiger partial charge in [-0.1, -0.05) is 24.3 Å². The van der Waals surface area contributed by atoms with Crippen LogP contribution in [0.1, 0.15) is 34.5 Å². The number of hydrogen-bond acceptors (Lipinski definition) is 5. The van der Waals surface area contributed by atoms with Gasteiger partial charge in [0, 0.05) is 61.6 Å². The lowest BCUT2D eigenvalue weighted by atomic mass is 9.99. The van der Waals surface area contributed by atoms with Gasteiger partial charge in [-0.15, -0.1) is 0 Å². The molecule has 4 aromatic rings. The normalized spacial score (nSPS) is 14.9. The van der Waals surface area contributed by atoms with Crippen molar-refractivity contribution in [1.29, 1.82) is 0 Å². The number of para-hydroxylation sites is 1. The Morgan fingerprint density at radius 3 is 2.68 bits per heavy atom. The van der Waals surface area contributed by atoms with Crippen molar-refractivity contribution >= 4 is 22.5 Å². The zero-order chi connectivity index (χ0) is 23.7. The Labute approximate surface area is 199 Å². The summed E-state index contributed by atoms with van der Waals surface area (Å²) in [6, 6.07) is 16.1. The fraction of sp³-hybridized carbons (Fsp3) is 0.296. The minimum absolute atomic E-state index is 0.0641. The highest BCUT2D eigenvalue weighted by atomic mass is 16.1. The van der Waals surface area contributed by atoms with Crippen molar-refractivity contribution in [3.63, 3.8) is 0 Å². The number of benzene rings is 2. The number of nitrogens with zero attached hydrogens (tertiary/aromatic N) is 4. The standard InChI is InChI=1S/C27H30N6O/c1-18-8-9-21(33-12-10-28-11-13-33)14-23(18)27(34)30-19(2)24-15-26(20-16-29-32(3)17-20)31-25-7-5-4-6-22(24)25/h4-9,14-17,19,28H,10-13H2,1-3H3,(H,30,34)/t19-/m1/s1. The van der Waals surface area contributed by atoms with Crippen molar-refractivity contribution < 1.29 is 4.79 Å². The number of rotatable bonds is 5. The Morgan fingerprint density at radius 2 is 1.91 bits per heavy atom. The quantitative estimate of drug-likeness (QED) is 0.479. The van der Waals surface area contributed by atoms with Gasteiger partial charge in [0.2, 0.25) is 0 Å². The highest BCUT2D eigenvalue weighted by Crippen LogP contribution is 2.29. The Kier molecular flexibility index (Phi) is 6.02. The van der Waals surface area contributed by atoms with Crippen molar-refractivity contribution in [2.75, 3.05) is 31.1 Å². The molecule has 1 saturated heterocycles. The van der Waals surface area contributed by atoms with E-state index < -0.39 is 0 Å². The molecule has 1 aliphatic rings. The van der Waals surface area contributed by atoms with Crippen LogP contribution < -0.4 is 15.5 Å². The van der Waals surface area contributed by atoms with Crippen LogP contribution in [0.15, 0.2) is 60.9 Å². The minimum Gasteiger partial charge on any atom is -0.369 e. The van der Waals surface area contributed by atoms with Gasteiger partial charge in [0.25, 0.3) is 5.91 Å². The SMILES string of the molecule is Cc1ccc(N2CCNCC2)cc1C(=O)N[C@H](C)c1cc(-c2cnn(C)c2)nc2ccccc12. The number of anilines is 1. The van der Waals surface area contributed by atoms with Gasteiger partial charge in [-0.2, -0.15) is 5.10 Å². The molecule has 2 aromatic carbocycles. The predicted octanol–water partition coefficient (Wildman–Crippen LogP) is 3.84. The van der Waals surface area contributed by atoms with Crippen LogP contribution in [0.2, 0.25) is 0 Å². The van der Waals surface area contributed by atoms with Crippen LogP contribution in [-0.2, 0) is 7.05 Å². The number of piperazine rings is 1. The number of aryl methyl sites for hydroxylation is 2. The molecule has 34 heavy (non-hydrogen) atoms. The summed E-state index contributed by atoms with van der Waals surface area (Å²) in [6.45, 7) is 7.83. The van der Waals surface area contributed by atoms with Crippen LogP contribution in [0, 0.1) is 6.92 Å². The molecule has 7 heteroatoms. The topological polar surface area (TPSA) is 75.1 Å². The second-order valence-electron chi connectivity index (χ2n) is 8.95. The summed E-state index contributed by atoms with van der Waals surface area (Å²) in [4.78, 5) is 20.6. The third kappa shape index (κ3) is 4.39. The molecule has 1 atom stereocenters. The summed E-state index contributed by atoms with van der Waals surface area (Å²) < 4.78 is 1.77.